The highest BCUT2D eigenvalue weighted by Crippen LogP contribution is 2.55. The maximum absolute atomic E-state index is 15.2. The fraction of sp³-hybridized carbons (Fsp3) is 0.645. The highest BCUT2D eigenvalue weighted by Gasteiger charge is 2.55. The van der Waals surface area contributed by atoms with Crippen LogP contribution < -0.4 is 15.1 Å². The summed E-state index contributed by atoms with van der Waals surface area (Å²) < 4.78 is 40.6. The molecule has 0 radical (unpaired) electrons. The molecule has 234 valence electrons. The first-order chi connectivity index (χ1) is 20.4. The van der Waals surface area contributed by atoms with Gasteiger partial charge in [0.1, 0.15) is 11.5 Å². The van der Waals surface area contributed by atoms with Gasteiger partial charge >= 0.3 is 0 Å². The molecular weight excluding hydrogens is 571 g/mol. The lowest BCUT2D eigenvalue weighted by Gasteiger charge is -2.58. The van der Waals surface area contributed by atoms with E-state index in [0.717, 1.165) is 38.2 Å². The number of benzene rings is 1. The van der Waals surface area contributed by atoms with Gasteiger partial charge in [0.05, 0.1) is 21.9 Å². The number of aliphatic hydroxyl groups is 1. The van der Waals surface area contributed by atoms with Crippen LogP contribution in [0.4, 0.5) is 16.0 Å². The van der Waals surface area contributed by atoms with Crippen molar-refractivity contribution in [2.45, 2.75) is 68.0 Å². The molecule has 3 unspecified atom stereocenters. The SMILES string of the molecule is CC1CN(c2ccc(S(=O)(=O)CCCN(C)C)cc2F)CCN1c1nccc(C(=O)NC2C3CC4CC2CC(O)(C4)C3)n1. The van der Waals surface area contributed by atoms with Crippen molar-refractivity contribution in [3.63, 3.8) is 0 Å². The molecule has 4 saturated carbocycles. The van der Waals surface area contributed by atoms with E-state index < -0.39 is 21.3 Å². The second-order valence-electron chi connectivity index (χ2n) is 13.5. The summed E-state index contributed by atoms with van der Waals surface area (Å²) >= 11 is 0. The van der Waals surface area contributed by atoms with Crippen LogP contribution in [0.25, 0.3) is 0 Å². The van der Waals surface area contributed by atoms with Crippen molar-refractivity contribution >= 4 is 27.4 Å². The number of aromatic nitrogens is 2. The van der Waals surface area contributed by atoms with Crippen LogP contribution in [0.2, 0.25) is 0 Å². The molecule has 5 fully saturated rings. The Labute approximate surface area is 253 Å². The fourth-order valence-electron chi connectivity index (χ4n) is 8.16. The molecule has 2 N–H and O–H groups in total. The van der Waals surface area contributed by atoms with Gasteiger partial charge in [-0.05, 0) is 108 Å². The molecule has 1 aliphatic heterocycles. The number of amides is 1. The van der Waals surface area contributed by atoms with Gasteiger partial charge in [-0.3, -0.25) is 4.79 Å². The highest BCUT2D eigenvalue weighted by molar-refractivity contribution is 7.91. The summed E-state index contributed by atoms with van der Waals surface area (Å²) in [6.45, 7) is 4.14. The first-order valence-corrected chi connectivity index (χ1v) is 17.1. The molecule has 0 spiro atoms. The second-order valence-corrected chi connectivity index (χ2v) is 15.6. The number of carbonyl (C=O) groups is 1. The molecule has 5 aliphatic rings. The Morgan fingerprint density at radius 1 is 1.16 bits per heavy atom. The van der Waals surface area contributed by atoms with E-state index in [4.69, 9.17) is 0 Å². The van der Waals surface area contributed by atoms with Crippen LogP contribution in [0, 0.1) is 23.6 Å². The van der Waals surface area contributed by atoms with Gasteiger partial charge in [0.2, 0.25) is 5.95 Å². The molecule has 4 aliphatic carbocycles. The van der Waals surface area contributed by atoms with E-state index in [2.05, 4.69) is 15.3 Å². The first kappa shape index (κ1) is 30.2. The molecule has 1 aromatic carbocycles. The number of halogens is 1. The number of rotatable bonds is 9. The van der Waals surface area contributed by atoms with E-state index in [0.29, 0.717) is 67.7 Å². The second kappa shape index (κ2) is 11.6. The minimum atomic E-state index is -3.56. The van der Waals surface area contributed by atoms with Crippen molar-refractivity contribution in [2.24, 2.45) is 17.8 Å². The number of anilines is 2. The van der Waals surface area contributed by atoms with Gasteiger partial charge in [0.25, 0.3) is 5.91 Å². The summed E-state index contributed by atoms with van der Waals surface area (Å²) in [7, 11) is 0.210. The minimum absolute atomic E-state index is 0.00667. The third-order valence-electron chi connectivity index (χ3n) is 9.94. The molecule has 12 heteroatoms. The topological polar surface area (TPSA) is 119 Å². The van der Waals surface area contributed by atoms with Gasteiger partial charge in [-0.25, -0.2) is 22.8 Å². The average molecular weight is 615 g/mol. The monoisotopic (exact) mass is 614 g/mol. The Kier molecular flexibility index (Phi) is 8.14. The Morgan fingerprint density at radius 3 is 2.56 bits per heavy atom. The number of nitrogens with zero attached hydrogens (tertiary/aromatic N) is 5. The van der Waals surface area contributed by atoms with Gasteiger partial charge in [-0.1, -0.05) is 0 Å². The highest BCUT2D eigenvalue weighted by atomic mass is 32.2. The maximum Gasteiger partial charge on any atom is 0.270 e. The van der Waals surface area contributed by atoms with Gasteiger partial charge in [-0.2, -0.15) is 0 Å². The van der Waals surface area contributed by atoms with Crippen LogP contribution in [0.5, 0.6) is 0 Å². The third kappa shape index (κ3) is 6.23. The van der Waals surface area contributed by atoms with Crippen molar-refractivity contribution in [3.05, 3.63) is 42.0 Å². The Balaban J connectivity index is 1.09. The molecular formula is C31H43FN6O4S. The van der Waals surface area contributed by atoms with Crippen LogP contribution in [-0.2, 0) is 9.84 Å². The lowest BCUT2D eigenvalue weighted by atomic mass is 9.52. The third-order valence-corrected chi connectivity index (χ3v) is 11.7. The van der Waals surface area contributed by atoms with Gasteiger partial charge in [0.15, 0.2) is 9.84 Å². The minimum Gasteiger partial charge on any atom is -0.390 e. The molecule has 1 aromatic heterocycles. The van der Waals surface area contributed by atoms with Crippen LogP contribution in [-0.4, -0.2) is 98.0 Å². The molecule has 2 aromatic rings. The molecule has 3 atom stereocenters. The van der Waals surface area contributed by atoms with E-state index in [1.165, 1.54) is 6.07 Å². The summed E-state index contributed by atoms with van der Waals surface area (Å²) in [4.78, 5) is 28.3. The van der Waals surface area contributed by atoms with Gasteiger partial charge < -0.3 is 25.1 Å². The van der Waals surface area contributed by atoms with E-state index in [1.807, 2.05) is 35.7 Å². The molecule has 7 rings (SSSR count). The zero-order valence-electron chi connectivity index (χ0n) is 25.2. The maximum atomic E-state index is 15.2. The van der Waals surface area contributed by atoms with Crippen LogP contribution in [0.1, 0.15) is 55.9 Å². The zero-order valence-corrected chi connectivity index (χ0v) is 26.1. The zero-order chi connectivity index (χ0) is 30.5. The van der Waals surface area contributed by atoms with Crippen LogP contribution in [0.15, 0.2) is 35.4 Å². The number of sulfone groups is 1. The largest absolute Gasteiger partial charge is 0.390 e. The van der Waals surface area contributed by atoms with Crippen molar-refractivity contribution < 1.29 is 22.7 Å². The summed E-state index contributed by atoms with van der Waals surface area (Å²) in [5, 5.41) is 14.1. The number of carbonyl (C=O) groups excluding carboxylic acids is 1. The van der Waals surface area contributed by atoms with E-state index in [9.17, 15) is 18.3 Å². The summed E-state index contributed by atoms with van der Waals surface area (Å²) in [5.74, 6) is 0.860. The average Bonchev–Trinajstić information content (AvgIpc) is 2.93. The molecule has 43 heavy (non-hydrogen) atoms. The molecule has 1 saturated heterocycles. The van der Waals surface area contributed by atoms with E-state index >= 15 is 4.39 Å². The van der Waals surface area contributed by atoms with Crippen molar-refractivity contribution in [3.8, 4) is 0 Å². The smallest absolute Gasteiger partial charge is 0.270 e. The van der Waals surface area contributed by atoms with E-state index in [1.54, 1.807) is 18.3 Å². The quantitative estimate of drug-likeness (QED) is 0.440. The molecule has 10 nitrogen and oxygen atoms in total. The van der Waals surface area contributed by atoms with E-state index in [-0.39, 0.29) is 28.6 Å². The lowest BCUT2D eigenvalue weighted by molar-refractivity contribution is -0.136. The van der Waals surface area contributed by atoms with Crippen molar-refractivity contribution in [2.75, 3.05) is 55.8 Å². The predicted octanol–water partition coefficient (Wildman–Crippen LogP) is 2.73. The van der Waals surface area contributed by atoms with Gasteiger partial charge in [-0.15, -0.1) is 0 Å². The van der Waals surface area contributed by atoms with Gasteiger partial charge in [0, 0.05) is 37.9 Å². The summed E-state index contributed by atoms with van der Waals surface area (Å²) in [6, 6.07) is 5.81. The lowest BCUT2D eigenvalue weighted by Crippen LogP contribution is -2.61. The Morgan fingerprint density at radius 2 is 1.91 bits per heavy atom. The van der Waals surface area contributed by atoms with Crippen molar-refractivity contribution in [1.29, 1.82) is 0 Å². The van der Waals surface area contributed by atoms with Crippen LogP contribution in [0.3, 0.4) is 0 Å². The van der Waals surface area contributed by atoms with Crippen LogP contribution >= 0.6 is 0 Å². The predicted molar refractivity (Wildman–Crippen MR) is 162 cm³/mol. The first-order valence-electron chi connectivity index (χ1n) is 15.5. The summed E-state index contributed by atoms with van der Waals surface area (Å²) in [6.07, 6.45) is 6.64. The standard InChI is InChI=1S/C31H43FN6O4S/c1-20-19-37(27-6-5-24(15-25(27)32)43(41,42)12-4-9-36(2)3)10-11-38(20)30-33-8-7-26(34-30)29(39)35-28-22-13-21-14-23(28)18-31(40,16-21)17-22/h5-8,15,20-23,28,40H,4,9-14,16-19H2,1-3H3,(H,35,39). The fourth-order valence-corrected chi connectivity index (χ4v) is 9.46. The molecule has 4 bridgehead atoms. The number of nitrogens with one attached hydrogen (secondary N) is 1. The Bertz CT molecular complexity index is 1460. The summed E-state index contributed by atoms with van der Waals surface area (Å²) in [5.41, 5.74) is 0.140. The van der Waals surface area contributed by atoms with Crippen molar-refractivity contribution in [1.82, 2.24) is 20.2 Å². The normalized spacial score (nSPS) is 30.2. The molecule has 1 amide bonds. The number of piperazine rings is 1. The molecule has 2 heterocycles. The Hall–Kier alpha value is -2.83. The number of hydrogen-bond donors (Lipinski definition) is 2. The number of hydrogen-bond acceptors (Lipinski definition) is 9.